The van der Waals surface area contributed by atoms with Gasteiger partial charge in [-0.15, -0.1) is 0 Å². The minimum absolute atomic E-state index is 0.0252. The molecule has 0 radical (unpaired) electrons. The minimum atomic E-state index is 0.0252. The number of aromatic amines is 1. The fraction of sp³-hybridized carbons (Fsp3) is 0.786. The van der Waals surface area contributed by atoms with Crippen LogP contribution >= 0.6 is 0 Å². The number of hydrogen-bond acceptors (Lipinski definition) is 1. The summed E-state index contributed by atoms with van der Waals surface area (Å²) in [6, 6.07) is 0. The smallest absolute Gasteiger partial charge is 0.267 e. The topological polar surface area (TPSA) is 37.8 Å². The molecular weight excluding hydrogens is 212 g/mol. The molecule has 0 amide bonds. The standard InChI is InChI=1S/C14H26N2O/c1-6-8-10-16-12(14(3,4)5)11(9-7-2)13(17)15-16/h6-10H2,1-5H3,(H,15,17). The first-order chi connectivity index (χ1) is 7.91. The number of aryl methyl sites for hydroxylation is 1. The highest BCUT2D eigenvalue weighted by atomic mass is 16.1. The van der Waals surface area contributed by atoms with Crippen molar-refractivity contribution < 1.29 is 0 Å². The maximum absolute atomic E-state index is 12.0. The first-order valence-corrected chi connectivity index (χ1v) is 6.74. The minimum Gasteiger partial charge on any atom is -0.288 e. The number of nitrogens with one attached hydrogen (secondary N) is 1. The fourth-order valence-electron chi connectivity index (χ4n) is 2.34. The number of rotatable bonds is 5. The van der Waals surface area contributed by atoms with Crippen LogP contribution in [-0.2, 0) is 18.4 Å². The van der Waals surface area contributed by atoms with Crippen molar-refractivity contribution in [3.8, 4) is 0 Å². The van der Waals surface area contributed by atoms with E-state index in [0.29, 0.717) is 0 Å². The van der Waals surface area contributed by atoms with Gasteiger partial charge in [0, 0.05) is 23.2 Å². The van der Waals surface area contributed by atoms with Crippen molar-refractivity contribution in [1.29, 1.82) is 0 Å². The van der Waals surface area contributed by atoms with Gasteiger partial charge in [-0.3, -0.25) is 14.6 Å². The first kappa shape index (κ1) is 14.1. The zero-order chi connectivity index (χ0) is 13.1. The molecule has 3 nitrogen and oxygen atoms in total. The molecule has 0 bridgehead atoms. The largest absolute Gasteiger partial charge is 0.288 e. The molecule has 98 valence electrons. The monoisotopic (exact) mass is 238 g/mol. The molecule has 0 aromatic carbocycles. The Bertz CT molecular complexity index is 407. The molecule has 0 unspecified atom stereocenters. The summed E-state index contributed by atoms with van der Waals surface area (Å²) >= 11 is 0. The maximum Gasteiger partial charge on any atom is 0.267 e. The Morgan fingerprint density at radius 3 is 2.29 bits per heavy atom. The normalized spacial score (nSPS) is 12.1. The van der Waals surface area contributed by atoms with Gasteiger partial charge in [-0.05, 0) is 12.8 Å². The van der Waals surface area contributed by atoms with E-state index in [1.165, 1.54) is 5.69 Å². The third-order valence-corrected chi connectivity index (χ3v) is 3.01. The van der Waals surface area contributed by atoms with Gasteiger partial charge in [0.1, 0.15) is 0 Å². The van der Waals surface area contributed by atoms with Gasteiger partial charge in [0.25, 0.3) is 5.56 Å². The van der Waals surface area contributed by atoms with Crippen molar-refractivity contribution in [3.63, 3.8) is 0 Å². The van der Waals surface area contributed by atoms with Crippen molar-refractivity contribution in [2.45, 2.75) is 72.3 Å². The average molecular weight is 238 g/mol. The van der Waals surface area contributed by atoms with E-state index >= 15 is 0 Å². The quantitative estimate of drug-likeness (QED) is 0.840. The lowest BCUT2D eigenvalue weighted by Gasteiger charge is -2.22. The highest BCUT2D eigenvalue weighted by Crippen LogP contribution is 2.25. The Hall–Kier alpha value is -0.990. The molecule has 0 fully saturated rings. The molecule has 0 saturated heterocycles. The van der Waals surface area contributed by atoms with Crippen LogP contribution in [0.2, 0.25) is 0 Å². The summed E-state index contributed by atoms with van der Waals surface area (Å²) in [5.41, 5.74) is 2.30. The van der Waals surface area contributed by atoms with Gasteiger partial charge in [-0.25, -0.2) is 0 Å². The molecule has 3 heteroatoms. The number of unbranched alkanes of at least 4 members (excludes halogenated alkanes) is 1. The van der Waals surface area contributed by atoms with Gasteiger partial charge in [-0.1, -0.05) is 47.5 Å². The molecule has 0 spiro atoms. The van der Waals surface area contributed by atoms with Crippen molar-refractivity contribution >= 4 is 0 Å². The summed E-state index contributed by atoms with van der Waals surface area (Å²) in [5.74, 6) is 0. The Balaban J connectivity index is 3.21. The summed E-state index contributed by atoms with van der Waals surface area (Å²) in [6.45, 7) is 11.7. The first-order valence-electron chi connectivity index (χ1n) is 6.74. The summed E-state index contributed by atoms with van der Waals surface area (Å²) in [6.07, 6.45) is 4.15. The number of hydrogen-bond donors (Lipinski definition) is 1. The molecule has 0 aliphatic rings. The molecule has 1 N–H and O–H groups in total. The van der Waals surface area contributed by atoms with Gasteiger partial charge < -0.3 is 0 Å². The van der Waals surface area contributed by atoms with Crippen molar-refractivity contribution in [1.82, 2.24) is 9.78 Å². The molecule has 1 aromatic heterocycles. The second-order valence-corrected chi connectivity index (χ2v) is 5.77. The van der Waals surface area contributed by atoms with Crippen LogP contribution in [0.4, 0.5) is 0 Å². The molecule has 0 aliphatic heterocycles. The molecule has 1 heterocycles. The third kappa shape index (κ3) is 3.24. The van der Waals surface area contributed by atoms with E-state index in [2.05, 4.69) is 44.4 Å². The maximum atomic E-state index is 12.0. The summed E-state index contributed by atoms with van der Waals surface area (Å²) < 4.78 is 2.07. The Morgan fingerprint density at radius 2 is 1.82 bits per heavy atom. The van der Waals surface area contributed by atoms with Gasteiger partial charge in [0.05, 0.1) is 0 Å². The van der Waals surface area contributed by atoms with Crippen LogP contribution in [0.1, 0.15) is 65.1 Å². The lowest BCUT2D eigenvalue weighted by atomic mass is 9.88. The van der Waals surface area contributed by atoms with E-state index in [-0.39, 0.29) is 11.0 Å². The highest BCUT2D eigenvalue weighted by molar-refractivity contribution is 5.25. The van der Waals surface area contributed by atoms with E-state index < -0.39 is 0 Å². The zero-order valence-electron chi connectivity index (χ0n) is 11.9. The second-order valence-electron chi connectivity index (χ2n) is 5.77. The van der Waals surface area contributed by atoms with Gasteiger partial charge in [-0.2, -0.15) is 0 Å². The Labute approximate surface area is 104 Å². The summed E-state index contributed by atoms with van der Waals surface area (Å²) in [7, 11) is 0. The van der Waals surface area contributed by atoms with Crippen LogP contribution in [0.25, 0.3) is 0 Å². The number of H-pyrrole nitrogens is 1. The van der Waals surface area contributed by atoms with E-state index in [1.807, 2.05) is 0 Å². The SMILES string of the molecule is CCCCn1[nH]c(=O)c(CCC)c1C(C)(C)C. The van der Waals surface area contributed by atoms with Crippen LogP contribution in [0.15, 0.2) is 4.79 Å². The van der Waals surface area contributed by atoms with Crippen molar-refractivity contribution in [3.05, 3.63) is 21.6 Å². The van der Waals surface area contributed by atoms with E-state index in [4.69, 9.17) is 0 Å². The van der Waals surface area contributed by atoms with Gasteiger partial charge in [0.15, 0.2) is 0 Å². The molecule has 0 aliphatic carbocycles. The highest BCUT2D eigenvalue weighted by Gasteiger charge is 2.24. The van der Waals surface area contributed by atoms with Crippen molar-refractivity contribution in [2.75, 3.05) is 0 Å². The molecule has 1 rings (SSSR count). The predicted octanol–water partition coefficient (Wildman–Crippen LogP) is 3.23. The second kappa shape index (κ2) is 5.56. The summed E-state index contributed by atoms with van der Waals surface area (Å²) in [5, 5.41) is 3.00. The summed E-state index contributed by atoms with van der Waals surface area (Å²) in [4.78, 5) is 12.0. The van der Waals surface area contributed by atoms with E-state index in [0.717, 1.165) is 37.8 Å². The van der Waals surface area contributed by atoms with Crippen molar-refractivity contribution in [2.24, 2.45) is 0 Å². The van der Waals surface area contributed by atoms with E-state index in [1.54, 1.807) is 0 Å². The van der Waals surface area contributed by atoms with Gasteiger partial charge >= 0.3 is 0 Å². The Kier molecular flexibility index (Phi) is 4.61. The lowest BCUT2D eigenvalue weighted by Crippen LogP contribution is -2.20. The molecule has 1 aromatic rings. The third-order valence-electron chi connectivity index (χ3n) is 3.01. The number of nitrogens with zero attached hydrogens (tertiary/aromatic N) is 1. The van der Waals surface area contributed by atoms with Crippen LogP contribution in [0.3, 0.4) is 0 Å². The predicted molar refractivity (Wildman–Crippen MR) is 72.7 cm³/mol. The molecule has 17 heavy (non-hydrogen) atoms. The average Bonchev–Trinajstić information content (AvgIpc) is 2.53. The van der Waals surface area contributed by atoms with E-state index in [9.17, 15) is 4.79 Å². The van der Waals surface area contributed by atoms with Crippen LogP contribution in [0.5, 0.6) is 0 Å². The van der Waals surface area contributed by atoms with Gasteiger partial charge in [0.2, 0.25) is 0 Å². The van der Waals surface area contributed by atoms with Crippen LogP contribution in [0, 0.1) is 0 Å². The number of aromatic nitrogens is 2. The zero-order valence-corrected chi connectivity index (χ0v) is 11.9. The Morgan fingerprint density at radius 1 is 1.18 bits per heavy atom. The molecular formula is C14H26N2O. The van der Waals surface area contributed by atoms with Crippen LogP contribution < -0.4 is 5.56 Å². The lowest BCUT2D eigenvalue weighted by molar-refractivity contribution is 0.468. The van der Waals surface area contributed by atoms with Crippen LogP contribution in [-0.4, -0.2) is 9.78 Å². The molecule has 0 saturated carbocycles. The molecule has 0 atom stereocenters. The fourth-order valence-corrected chi connectivity index (χ4v) is 2.34.